The molecule has 8 nitrogen and oxygen atoms in total. The second-order valence-electron chi connectivity index (χ2n) is 15.5. The Hall–Kier alpha value is -3.13. The number of fused-ring (bicyclic) bond motifs is 5. The smallest absolute Gasteiger partial charge is 0.410 e. The van der Waals surface area contributed by atoms with Crippen LogP contribution in [0.3, 0.4) is 0 Å². The van der Waals surface area contributed by atoms with Crippen molar-refractivity contribution in [3.63, 3.8) is 0 Å². The lowest BCUT2D eigenvalue weighted by molar-refractivity contribution is 0.0265. The molecule has 1 amide bonds. The molecule has 2 unspecified atom stereocenters. The molecular formula is C37H50N6O2. The number of nitrogens with zero attached hydrogens (tertiary/aromatic N) is 5. The van der Waals surface area contributed by atoms with E-state index in [0.29, 0.717) is 23.9 Å². The summed E-state index contributed by atoms with van der Waals surface area (Å²) in [6, 6.07) is 5.82. The van der Waals surface area contributed by atoms with Gasteiger partial charge in [0.25, 0.3) is 0 Å². The Morgan fingerprint density at radius 3 is 2.40 bits per heavy atom. The zero-order valence-corrected chi connectivity index (χ0v) is 27.6. The number of anilines is 1. The van der Waals surface area contributed by atoms with Crippen molar-refractivity contribution in [1.29, 1.82) is 0 Å². The van der Waals surface area contributed by atoms with E-state index >= 15 is 0 Å². The number of piperidine rings is 1. The molecular weight excluding hydrogens is 560 g/mol. The SMILES string of the molecule is CN1C2CCC1c1c(N3CCC(c4cnc(C5CCCC5)[nH]4)CC3)ccc(C3=CN=C([C@@H]4CCCN4C(=O)OC(C)(C)C)C3)c12. The van der Waals surface area contributed by atoms with Crippen LogP contribution in [0.1, 0.15) is 144 Å². The quantitative estimate of drug-likeness (QED) is 0.373. The number of aromatic nitrogens is 2. The van der Waals surface area contributed by atoms with Crippen molar-refractivity contribution in [2.45, 2.75) is 127 Å². The molecule has 8 rings (SSSR count). The molecule has 3 atom stereocenters. The second kappa shape index (κ2) is 11.3. The average molecular weight is 611 g/mol. The number of carbonyl (C=O) groups is 1. The minimum absolute atomic E-state index is 0.0328. The molecule has 6 heterocycles. The van der Waals surface area contributed by atoms with E-state index in [9.17, 15) is 4.79 Å². The number of likely N-dealkylation sites (tertiary alicyclic amines) is 1. The predicted molar refractivity (Wildman–Crippen MR) is 179 cm³/mol. The Morgan fingerprint density at radius 1 is 0.889 bits per heavy atom. The third kappa shape index (κ3) is 5.21. The number of ether oxygens (including phenoxy) is 1. The van der Waals surface area contributed by atoms with Gasteiger partial charge in [-0.25, -0.2) is 9.78 Å². The third-order valence-electron chi connectivity index (χ3n) is 11.6. The molecule has 1 saturated carbocycles. The number of allylic oxidation sites excluding steroid dienone is 1. The van der Waals surface area contributed by atoms with Gasteiger partial charge >= 0.3 is 6.09 Å². The van der Waals surface area contributed by atoms with Crippen molar-refractivity contribution in [3.8, 4) is 0 Å². The fourth-order valence-corrected chi connectivity index (χ4v) is 9.39. The van der Waals surface area contributed by atoms with Crippen molar-refractivity contribution in [2.75, 3.05) is 31.6 Å². The van der Waals surface area contributed by atoms with Crippen LogP contribution in [-0.2, 0) is 4.74 Å². The maximum Gasteiger partial charge on any atom is 0.410 e. The van der Waals surface area contributed by atoms with Crippen LogP contribution in [0.15, 0.2) is 29.5 Å². The van der Waals surface area contributed by atoms with Crippen molar-refractivity contribution in [3.05, 3.63) is 52.7 Å². The number of aliphatic imine (C=N–C) groups is 1. The van der Waals surface area contributed by atoms with Gasteiger partial charge in [-0.05, 0) is 108 Å². The highest BCUT2D eigenvalue weighted by molar-refractivity contribution is 6.03. The van der Waals surface area contributed by atoms with E-state index in [1.807, 2.05) is 25.7 Å². The van der Waals surface area contributed by atoms with Gasteiger partial charge < -0.3 is 14.6 Å². The van der Waals surface area contributed by atoms with Crippen molar-refractivity contribution in [1.82, 2.24) is 19.8 Å². The number of H-pyrrole nitrogens is 1. The summed E-state index contributed by atoms with van der Waals surface area (Å²) < 4.78 is 5.75. The van der Waals surface area contributed by atoms with Gasteiger partial charge in [-0.2, -0.15) is 0 Å². The fraction of sp³-hybridized carbons (Fsp3) is 0.649. The summed E-state index contributed by atoms with van der Waals surface area (Å²) in [5, 5.41) is 0. The first-order chi connectivity index (χ1) is 21.7. The van der Waals surface area contributed by atoms with Gasteiger partial charge in [-0.3, -0.25) is 14.8 Å². The van der Waals surface area contributed by atoms with Crippen LogP contribution in [0.5, 0.6) is 0 Å². The molecule has 45 heavy (non-hydrogen) atoms. The molecule has 6 aliphatic rings. The molecule has 4 fully saturated rings. The van der Waals surface area contributed by atoms with Gasteiger partial charge in [0.1, 0.15) is 11.4 Å². The van der Waals surface area contributed by atoms with Crippen LogP contribution in [0.4, 0.5) is 10.5 Å². The Morgan fingerprint density at radius 2 is 1.64 bits per heavy atom. The van der Waals surface area contributed by atoms with Crippen LogP contribution in [0, 0.1) is 0 Å². The predicted octanol–water partition coefficient (Wildman–Crippen LogP) is 7.86. The maximum atomic E-state index is 13.0. The van der Waals surface area contributed by atoms with Gasteiger partial charge in [-0.1, -0.05) is 18.9 Å². The van der Waals surface area contributed by atoms with Crippen LogP contribution in [0.25, 0.3) is 5.57 Å². The van der Waals surface area contributed by atoms with E-state index in [-0.39, 0.29) is 12.1 Å². The lowest BCUT2D eigenvalue weighted by Crippen LogP contribution is -2.43. The minimum Gasteiger partial charge on any atom is -0.444 e. The number of aromatic amines is 1. The number of hydrogen-bond acceptors (Lipinski definition) is 6. The van der Waals surface area contributed by atoms with E-state index in [0.717, 1.165) is 44.6 Å². The first-order valence-corrected chi connectivity index (χ1v) is 17.7. The largest absolute Gasteiger partial charge is 0.444 e. The third-order valence-corrected chi connectivity index (χ3v) is 11.6. The first kappa shape index (κ1) is 29.3. The summed E-state index contributed by atoms with van der Waals surface area (Å²) in [7, 11) is 2.32. The molecule has 1 N–H and O–H groups in total. The summed E-state index contributed by atoms with van der Waals surface area (Å²) in [4.78, 5) is 33.7. The van der Waals surface area contributed by atoms with E-state index in [2.05, 4.69) is 46.4 Å². The van der Waals surface area contributed by atoms with Gasteiger partial charge in [0.15, 0.2) is 0 Å². The number of imidazole rings is 1. The topological polar surface area (TPSA) is 77.1 Å². The number of rotatable bonds is 5. The van der Waals surface area contributed by atoms with Crippen molar-refractivity contribution < 1.29 is 9.53 Å². The normalized spacial score (nSPS) is 27.4. The Bertz CT molecular complexity index is 1520. The van der Waals surface area contributed by atoms with E-state index < -0.39 is 5.60 Å². The zero-order chi connectivity index (χ0) is 30.9. The number of carbonyl (C=O) groups excluding carboxylic acids is 1. The lowest BCUT2D eigenvalue weighted by Gasteiger charge is -2.36. The first-order valence-electron chi connectivity index (χ1n) is 17.7. The van der Waals surface area contributed by atoms with Crippen LogP contribution in [0.2, 0.25) is 0 Å². The summed E-state index contributed by atoms with van der Waals surface area (Å²) >= 11 is 0. The molecule has 1 aromatic heterocycles. The number of amides is 1. The Balaban J connectivity index is 0.992. The zero-order valence-electron chi connectivity index (χ0n) is 27.6. The number of benzene rings is 1. The molecule has 3 saturated heterocycles. The molecule has 1 aliphatic carbocycles. The van der Waals surface area contributed by atoms with Crippen LogP contribution < -0.4 is 4.90 Å². The maximum absolute atomic E-state index is 13.0. The van der Waals surface area contributed by atoms with Gasteiger partial charge in [0.2, 0.25) is 0 Å². The standard InChI is InChI=1S/C37H50N6O2/c1-37(2,3)45-36(44)43-17-7-10-29(43)27-20-25(21-38-27)26-11-12-32(34-31-14-13-30(33(26)34)41(31)4)42-18-15-23(16-19-42)28-22-39-35(40-28)24-8-5-6-9-24/h11-12,21-24,29-31H,5-10,13-20H2,1-4H3,(H,39,40)/t29-,30?,31?/m0/s1. The van der Waals surface area contributed by atoms with Crippen molar-refractivity contribution in [2.24, 2.45) is 4.99 Å². The molecule has 2 aromatic rings. The van der Waals surface area contributed by atoms with E-state index in [4.69, 9.17) is 14.7 Å². The highest BCUT2D eigenvalue weighted by Gasteiger charge is 2.46. The second-order valence-corrected chi connectivity index (χ2v) is 15.5. The van der Waals surface area contributed by atoms with E-state index in [1.165, 1.54) is 79.7 Å². The van der Waals surface area contributed by atoms with Gasteiger partial charge in [0.05, 0.1) is 6.04 Å². The summed E-state index contributed by atoms with van der Waals surface area (Å²) in [5.74, 6) is 2.45. The molecule has 5 aliphatic heterocycles. The van der Waals surface area contributed by atoms with Crippen LogP contribution in [-0.4, -0.2) is 69.9 Å². The molecule has 1 aromatic carbocycles. The fourth-order valence-electron chi connectivity index (χ4n) is 9.39. The van der Waals surface area contributed by atoms with E-state index in [1.54, 1.807) is 11.1 Å². The molecule has 2 bridgehead atoms. The van der Waals surface area contributed by atoms with Crippen molar-refractivity contribution >= 4 is 23.1 Å². The molecule has 8 heteroatoms. The average Bonchev–Trinajstić information content (AvgIpc) is 3.87. The number of hydrogen-bond donors (Lipinski definition) is 1. The van der Waals surface area contributed by atoms with Crippen LogP contribution >= 0.6 is 0 Å². The Labute approximate surface area is 268 Å². The molecule has 0 spiro atoms. The number of nitrogens with one attached hydrogen (secondary N) is 1. The molecule has 0 radical (unpaired) electrons. The summed E-state index contributed by atoms with van der Waals surface area (Å²) in [6.07, 6.45) is 16.9. The molecule has 240 valence electrons. The highest BCUT2D eigenvalue weighted by atomic mass is 16.6. The minimum atomic E-state index is -0.494. The lowest BCUT2D eigenvalue weighted by atomic mass is 9.83. The summed E-state index contributed by atoms with van der Waals surface area (Å²) in [5.41, 5.74) is 9.22. The summed E-state index contributed by atoms with van der Waals surface area (Å²) in [6.45, 7) is 8.73. The highest BCUT2D eigenvalue weighted by Crippen LogP contribution is 2.57. The van der Waals surface area contributed by atoms with Gasteiger partial charge in [0, 0.05) is 79.5 Å². The van der Waals surface area contributed by atoms with Gasteiger partial charge in [-0.15, -0.1) is 0 Å². The monoisotopic (exact) mass is 610 g/mol. The Kier molecular flexibility index (Phi) is 7.34.